The Morgan fingerprint density at radius 3 is 2.60 bits per heavy atom. The fourth-order valence-corrected chi connectivity index (χ4v) is 2.07. The topological polar surface area (TPSA) is 58.9 Å². The van der Waals surface area contributed by atoms with Gasteiger partial charge in [-0.15, -0.1) is 0 Å². The quantitative estimate of drug-likeness (QED) is 0.671. The second kappa shape index (κ2) is 5.25. The third-order valence-electron chi connectivity index (χ3n) is 3.42. The average molecular weight is 217 g/mol. The molecule has 2 N–H and O–H groups in total. The second-order valence-corrected chi connectivity index (χ2v) is 4.28. The van der Waals surface area contributed by atoms with E-state index in [4.69, 9.17) is 9.47 Å². The highest BCUT2D eigenvalue weighted by Gasteiger charge is 2.43. The standard InChI is InChI=1S/C11H21O4/c1-8-4-5-11(7-12,15-3)10(14-2)6-9(8)13/h6,8-10,12-13H,4-5,7H2,1-3H3. The maximum Gasteiger partial charge on any atom is 0.117 e. The summed E-state index contributed by atoms with van der Waals surface area (Å²) >= 11 is 0. The smallest absolute Gasteiger partial charge is 0.117 e. The molecule has 0 spiro atoms. The van der Waals surface area contributed by atoms with Crippen LogP contribution in [0, 0.1) is 12.3 Å². The van der Waals surface area contributed by atoms with Gasteiger partial charge in [0.2, 0.25) is 0 Å². The van der Waals surface area contributed by atoms with Crippen LogP contribution in [0.3, 0.4) is 0 Å². The maximum absolute atomic E-state index is 9.81. The van der Waals surface area contributed by atoms with Crippen LogP contribution in [-0.4, -0.2) is 48.8 Å². The Kier molecular flexibility index (Phi) is 4.52. The lowest BCUT2D eigenvalue weighted by atomic mass is 9.92. The van der Waals surface area contributed by atoms with Crippen molar-refractivity contribution in [3.8, 4) is 0 Å². The summed E-state index contributed by atoms with van der Waals surface area (Å²) in [5, 5.41) is 19.2. The van der Waals surface area contributed by atoms with E-state index in [1.807, 2.05) is 6.92 Å². The fourth-order valence-electron chi connectivity index (χ4n) is 2.07. The van der Waals surface area contributed by atoms with Gasteiger partial charge in [0.15, 0.2) is 0 Å². The first-order valence-electron chi connectivity index (χ1n) is 5.31. The van der Waals surface area contributed by atoms with Crippen LogP contribution in [-0.2, 0) is 9.47 Å². The van der Waals surface area contributed by atoms with Crippen molar-refractivity contribution in [1.29, 1.82) is 0 Å². The van der Waals surface area contributed by atoms with Crippen molar-refractivity contribution in [2.75, 3.05) is 20.8 Å². The van der Waals surface area contributed by atoms with Crippen molar-refractivity contribution in [3.63, 3.8) is 0 Å². The summed E-state index contributed by atoms with van der Waals surface area (Å²) in [6.07, 6.45) is 2.35. The summed E-state index contributed by atoms with van der Waals surface area (Å²) in [6.45, 7) is 1.88. The minimum absolute atomic E-state index is 0.0993. The molecule has 0 saturated heterocycles. The molecule has 4 nitrogen and oxygen atoms in total. The maximum atomic E-state index is 9.81. The number of hydrogen-bond donors (Lipinski definition) is 2. The summed E-state index contributed by atoms with van der Waals surface area (Å²) in [7, 11) is 3.13. The molecule has 0 amide bonds. The molecule has 4 atom stereocenters. The first-order valence-corrected chi connectivity index (χ1v) is 5.31. The van der Waals surface area contributed by atoms with Gasteiger partial charge in [-0.1, -0.05) is 6.92 Å². The molecule has 1 rings (SSSR count). The summed E-state index contributed by atoms with van der Waals surface area (Å²) < 4.78 is 10.7. The highest BCUT2D eigenvalue weighted by molar-refractivity contribution is 5.04. The van der Waals surface area contributed by atoms with Crippen LogP contribution in [0.4, 0.5) is 0 Å². The third-order valence-corrected chi connectivity index (χ3v) is 3.42. The zero-order valence-corrected chi connectivity index (χ0v) is 9.64. The molecule has 0 aliphatic heterocycles. The molecule has 4 heteroatoms. The summed E-state index contributed by atoms with van der Waals surface area (Å²) in [5.41, 5.74) is -0.708. The zero-order valence-electron chi connectivity index (χ0n) is 9.64. The van der Waals surface area contributed by atoms with E-state index in [2.05, 4.69) is 0 Å². The van der Waals surface area contributed by atoms with Gasteiger partial charge in [-0.05, 0) is 18.8 Å². The highest BCUT2D eigenvalue weighted by atomic mass is 16.5. The molecule has 1 aliphatic rings. The van der Waals surface area contributed by atoms with Crippen molar-refractivity contribution in [1.82, 2.24) is 0 Å². The molecular formula is C11H21O4. The van der Waals surface area contributed by atoms with Gasteiger partial charge in [0.05, 0.1) is 18.8 Å². The highest BCUT2D eigenvalue weighted by Crippen LogP contribution is 2.33. The van der Waals surface area contributed by atoms with E-state index in [-0.39, 0.29) is 18.6 Å². The molecule has 1 aliphatic carbocycles. The van der Waals surface area contributed by atoms with Crippen LogP contribution in [0.1, 0.15) is 19.8 Å². The van der Waals surface area contributed by atoms with Gasteiger partial charge in [-0.3, -0.25) is 0 Å². The lowest BCUT2D eigenvalue weighted by Gasteiger charge is -2.35. The predicted octanol–water partition coefficient (Wildman–Crippen LogP) is 0.374. The number of rotatable bonds is 3. The largest absolute Gasteiger partial charge is 0.393 e. The molecule has 0 aromatic carbocycles. The molecule has 0 aromatic rings. The number of aliphatic hydroxyl groups excluding tert-OH is 2. The van der Waals surface area contributed by atoms with Gasteiger partial charge in [-0.2, -0.15) is 0 Å². The van der Waals surface area contributed by atoms with Crippen LogP contribution in [0.15, 0.2) is 0 Å². The molecular weight excluding hydrogens is 196 g/mol. The Morgan fingerprint density at radius 2 is 2.13 bits per heavy atom. The third kappa shape index (κ3) is 2.50. The number of hydrogen-bond acceptors (Lipinski definition) is 4. The van der Waals surface area contributed by atoms with Crippen molar-refractivity contribution in [2.45, 2.75) is 37.6 Å². The first kappa shape index (κ1) is 12.9. The van der Waals surface area contributed by atoms with Gasteiger partial charge >= 0.3 is 0 Å². The Morgan fingerprint density at radius 1 is 1.47 bits per heavy atom. The minimum Gasteiger partial charge on any atom is -0.393 e. The van der Waals surface area contributed by atoms with Crippen molar-refractivity contribution in [2.24, 2.45) is 5.92 Å². The van der Waals surface area contributed by atoms with Gasteiger partial charge in [0.1, 0.15) is 5.60 Å². The van der Waals surface area contributed by atoms with E-state index >= 15 is 0 Å². The monoisotopic (exact) mass is 217 g/mol. The van der Waals surface area contributed by atoms with Crippen molar-refractivity contribution < 1.29 is 19.7 Å². The molecule has 4 unspecified atom stereocenters. The van der Waals surface area contributed by atoms with Crippen LogP contribution in [0.5, 0.6) is 0 Å². The Hall–Kier alpha value is -0.160. The van der Waals surface area contributed by atoms with Gasteiger partial charge < -0.3 is 19.7 Å². The molecule has 1 fully saturated rings. The van der Waals surface area contributed by atoms with E-state index in [9.17, 15) is 10.2 Å². The second-order valence-electron chi connectivity index (χ2n) is 4.28. The van der Waals surface area contributed by atoms with Crippen LogP contribution in [0.25, 0.3) is 0 Å². The Balaban J connectivity index is 2.85. The Labute approximate surface area is 91.2 Å². The predicted molar refractivity (Wildman–Crippen MR) is 56.3 cm³/mol. The van der Waals surface area contributed by atoms with E-state index < -0.39 is 11.7 Å². The van der Waals surface area contributed by atoms with E-state index in [0.29, 0.717) is 6.42 Å². The minimum atomic E-state index is -0.708. The van der Waals surface area contributed by atoms with Gasteiger partial charge in [0.25, 0.3) is 0 Å². The van der Waals surface area contributed by atoms with E-state index in [0.717, 1.165) is 6.42 Å². The zero-order chi connectivity index (χ0) is 11.5. The van der Waals surface area contributed by atoms with Gasteiger partial charge in [0, 0.05) is 20.6 Å². The van der Waals surface area contributed by atoms with E-state index in [1.165, 1.54) is 0 Å². The average Bonchev–Trinajstić information content (AvgIpc) is 2.38. The lowest BCUT2D eigenvalue weighted by molar-refractivity contribution is -0.133. The van der Waals surface area contributed by atoms with Crippen molar-refractivity contribution >= 4 is 0 Å². The first-order chi connectivity index (χ1) is 7.09. The van der Waals surface area contributed by atoms with Crippen molar-refractivity contribution in [3.05, 3.63) is 6.42 Å². The molecule has 1 saturated carbocycles. The van der Waals surface area contributed by atoms with E-state index in [1.54, 1.807) is 20.6 Å². The lowest BCUT2D eigenvalue weighted by Crippen LogP contribution is -2.48. The number of methoxy groups -OCH3 is 2. The van der Waals surface area contributed by atoms with Gasteiger partial charge in [-0.25, -0.2) is 0 Å². The molecule has 0 aromatic heterocycles. The molecule has 1 radical (unpaired) electrons. The SMILES string of the molecule is COC1[CH]C(O)C(C)CCC1(CO)OC. The van der Waals surface area contributed by atoms with Crippen LogP contribution < -0.4 is 0 Å². The number of ether oxygens (including phenoxy) is 2. The Bertz CT molecular complexity index is 191. The number of aliphatic hydroxyl groups is 2. The van der Waals surface area contributed by atoms with Crippen LogP contribution >= 0.6 is 0 Å². The van der Waals surface area contributed by atoms with Crippen LogP contribution in [0.2, 0.25) is 0 Å². The summed E-state index contributed by atoms with van der Waals surface area (Å²) in [6, 6.07) is 0. The normalized spacial score (nSPS) is 42.6. The fraction of sp³-hybridized carbons (Fsp3) is 0.909. The molecule has 89 valence electrons. The summed E-state index contributed by atoms with van der Waals surface area (Å²) in [4.78, 5) is 0. The molecule has 15 heavy (non-hydrogen) atoms. The molecule has 0 heterocycles. The molecule has 0 bridgehead atoms. The summed E-state index contributed by atoms with van der Waals surface area (Å²) in [5.74, 6) is 0.172.